The summed E-state index contributed by atoms with van der Waals surface area (Å²) in [6, 6.07) is 8.05. The van der Waals surface area contributed by atoms with Crippen LogP contribution in [0.15, 0.2) is 54.1 Å². The van der Waals surface area contributed by atoms with Crippen LogP contribution in [0.4, 0.5) is 23.7 Å². The molecule has 0 radical (unpaired) electrons. The average Bonchev–Trinajstić information content (AvgIpc) is 2.70. The van der Waals surface area contributed by atoms with Crippen molar-refractivity contribution in [1.82, 2.24) is 5.32 Å². The second-order valence-electron chi connectivity index (χ2n) is 6.26. The van der Waals surface area contributed by atoms with E-state index in [4.69, 9.17) is 9.84 Å². The summed E-state index contributed by atoms with van der Waals surface area (Å²) < 4.78 is 43.9. The number of barbiturate groups is 1. The molecule has 0 atom stereocenters. The van der Waals surface area contributed by atoms with E-state index in [-0.39, 0.29) is 11.4 Å². The molecule has 2 aromatic rings. The van der Waals surface area contributed by atoms with Gasteiger partial charge in [-0.3, -0.25) is 14.9 Å². The maximum atomic E-state index is 13.0. The number of amides is 4. The molecular weight excluding hydrogens is 421 g/mol. The second kappa shape index (κ2) is 8.30. The Balaban J connectivity index is 1.90. The fraction of sp³-hybridized carbons (Fsp3) is 0.100. The van der Waals surface area contributed by atoms with Crippen molar-refractivity contribution in [3.63, 3.8) is 0 Å². The van der Waals surface area contributed by atoms with E-state index >= 15 is 0 Å². The number of hydrogen-bond donors (Lipinski definition) is 2. The number of rotatable bonds is 5. The van der Waals surface area contributed by atoms with Gasteiger partial charge in [0.25, 0.3) is 11.8 Å². The Labute approximate surface area is 172 Å². The molecule has 160 valence electrons. The molecule has 1 saturated heterocycles. The number of nitrogens with one attached hydrogen (secondary N) is 1. The summed E-state index contributed by atoms with van der Waals surface area (Å²) in [7, 11) is 0. The van der Waals surface area contributed by atoms with E-state index in [1.54, 1.807) is 0 Å². The zero-order valence-corrected chi connectivity index (χ0v) is 15.5. The summed E-state index contributed by atoms with van der Waals surface area (Å²) in [4.78, 5) is 48.0. The standard InChI is InChI=1S/C20H13F3N2O6/c21-20(22,23)12-2-1-3-13(9-12)25-18(29)15(17(28)24-19(25)30)8-11-4-6-14(7-5-11)31-10-16(26)27/h1-9H,10H2,(H,26,27)(H,24,28,30). The van der Waals surface area contributed by atoms with Crippen LogP contribution in [-0.2, 0) is 20.6 Å². The zero-order chi connectivity index (χ0) is 22.8. The highest BCUT2D eigenvalue weighted by atomic mass is 19.4. The molecule has 1 fully saturated rings. The van der Waals surface area contributed by atoms with E-state index in [9.17, 15) is 32.3 Å². The molecule has 4 amide bonds. The molecule has 11 heteroatoms. The van der Waals surface area contributed by atoms with Gasteiger partial charge in [0.2, 0.25) is 0 Å². The molecule has 0 unspecified atom stereocenters. The number of carbonyl (C=O) groups excluding carboxylic acids is 3. The van der Waals surface area contributed by atoms with Crippen LogP contribution in [0.1, 0.15) is 11.1 Å². The van der Waals surface area contributed by atoms with Crippen LogP contribution in [0.25, 0.3) is 6.08 Å². The number of ether oxygens (including phenoxy) is 1. The topological polar surface area (TPSA) is 113 Å². The van der Waals surface area contributed by atoms with E-state index in [1.165, 1.54) is 24.3 Å². The lowest BCUT2D eigenvalue weighted by molar-refractivity contribution is -0.139. The normalized spacial score (nSPS) is 15.8. The quantitative estimate of drug-likeness (QED) is 0.553. The number of imide groups is 2. The Morgan fingerprint density at radius 2 is 1.77 bits per heavy atom. The monoisotopic (exact) mass is 434 g/mol. The summed E-state index contributed by atoms with van der Waals surface area (Å²) in [5.41, 5.74) is -1.56. The van der Waals surface area contributed by atoms with Crippen LogP contribution >= 0.6 is 0 Å². The van der Waals surface area contributed by atoms with E-state index < -0.39 is 47.7 Å². The number of aliphatic carboxylic acids is 1. The second-order valence-corrected chi connectivity index (χ2v) is 6.26. The van der Waals surface area contributed by atoms with Crippen molar-refractivity contribution in [2.75, 3.05) is 11.5 Å². The predicted molar refractivity (Wildman–Crippen MR) is 100 cm³/mol. The van der Waals surface area contributed by atoms with Gasteiger partial charge in [-0.05, 0) is 42.0 Å². The molecule has 3 rings (SSSR count). The van der Waals surface area contributed by atoms with Crippen molar-refractivity contribution >= 4 is 35.6 Å². The van der Waals surface area contributed by atoms with Crippen molar-refractivity contribution in [3.05, 3.63) is 65.2 Å². The van der Waals surface area contributed by atoms with Gasteiger partial charge in [0.15, 0.2) is 6.61 Å². The Morgan fingerprint density at radius 1 is 1.10 bits per heavy atom. The molecular formula is C20H13F3N2O6. The van der Waals surface area contributed by atoms with Gasteiger partial charge >= 0.3 is 18.2 Å². The third-order valence-electron chi connectivity index (χ3n) is 4.09. The first kappa shape index (κ1) is 21.6. The summed E-state index contributed by atoms with van der Waals surface area (Å²) in [6.07, 6.45) is -3.55. The van der Waals surface area contributed by atoms with Gasteiger partial charge < -0.3 is 9.84 Å². The van der Waals surface area contributed by atoms with Crippen LogP contribution in [0.3, 0.4) is 0 Å². The highest BCUT2D eigenvalue weighted by Crippen LogP contribution is 2.32. The van der Waals surface area contributed by atoms with Gasteiger partial charge in [0.05, 0.1) is 11.3 Å². The van der Waals surface area contributed by atoms with Crippen molar-refractivity contribution in [2.45, 2.75) is 6.18 Å². The number of halogens is 3. The molecule has 1 aliphatic heterocycles. The molecule has 0 spiro atoms. The first-order valence-electron chi connectivity index (χ1n) is 8.59. The Kier molecular flexibility index (Phi) is 5.77. The van der Waals surface area contributed by atoms with Gasteiger partial charge in [-0.15, -0.1) is 0 Å². The first-order chi connectivity index (χ1) is 14.6. The summed E-state index contributed by atoms with van der Waals surface area (Å²) in [6.45, 7) is -0.560. The van der Waals surface area contributed by atoms with Crippen molar-refractivity contribution in [1.29, 1.82) is 0 Å². The number of urea groups is 1. The van der Waals surface area contributed by atoms with Gasteiger partial charge in [0.1, 0.15) is 11.3 Å². The highest BCUT2D eigenvalue weighted by molar-refractivity contribution is 6.39. The number of carbonyl (C=O) groups is 4. The summed E-state index contributed by atoms with van der Waals surface area (Å²) in [5.74, 6) is -3.05. The van der Waals surface area contributed by atoms with E-state index in [1.807, 2.05) is 5.32 Å². The minimum atomic E-state index is -4.69. The maximum absolute atomic E-state index is 13.0. The van der Waals surface area contributed by atoms with Crippen LogP contribution < -0.4 is 15.0 Å². The van der Waals surface area contributed by atoms with Crippen molar-refractivity contribution < 1.29 is 42.2 Å². The third kappa shape index (κ3) is 4.89. The highest BCUT2D eigenvalue weighted by Gasteiger charge is 2.38. The van der Waals surface area contributed by atoms with E-state index in [2.05, 4.69) is 0 Å². The molecule has 0 aromatic heterocycles. The maximum Gasteiger partial charge on any atom is 0.416 e. The minimum Gasteiger partial charge on any atom is -0.482 e. The lowest BCUT2D eigenvalue weighted by Crippen LogP contribution is -2.54. The number of alkyl halides is 3. The van der Waals surface area contributed by atoms with Gasteiger partial charge in [0, 0.05) is 0 Å². The molecule has 1 aliphatic rings. The predicted octanol–water partition coefficient (Wildman–Crippen LogP) is 2.84. The third-order valence-corrected chi connectivity index (χ3v) is 4.09. The molecule has 8 nitrogen and oxygen atoms in total. The molecule has 2 aromatic carbocycles. The van der Waals surface area contributed by atoms with Crippen LogP contribution in [0.2, 0.25) is 0 Å². The van der Waals surface area contributed by atoms with Gasteiger partial charge in [-0.25, -0.2) is 14.5 Å². The van der Waals surface area contributed by atoms with Crippen LogP contribution in [0, 0.1) is 0 Å². The smallest absolute Gasteiger partial charge is 0.416 e. The number of nitrogens with zero attached hydrogens (tertiary/aromatic N) is 1. The minimum absolute atomic E-state index is 0.227. The van der Waals surface area contributed by atoms with Crippen LogP contribution in [-0.4, -0.2) is 35.5 Å². The molecule has 0 aliphatic carbocycles. The summed E-state index contributed by atoms with van der Waals surface area (Å²) >= 11 is 0. The number of hydrogen-bond acceptors (Lipinski definition) is 5. The summed E-state index contributed by atoms with van der Waals surface area (Å²) in [5, 5.41) is 10.5. The number of benzene rings is 2. The first-order valence-corrected chi connectivity index (χ1v) is 8.59. The lowest BCUT2D eigenvalue weighted by atomic mass is 10.1. The van der Waals surface area contributed by atoms with Crippen molar-refractivity contribution in [3.8, 4) is 5.75 Å². The number of anilines is 1. The average molecular weight is 434 g/mol. The Morgan fingerprint density at radius 3 is 2.39 bits per heavy atom. The Bertz CT molecular complexity index is 1090. The number of carboxylic acids is 1. The van der Waals surface area contributed by atoms with E-state index in [0.717, 1.165) is 24.3 Å². The largest absolute Gasteiger partial charge is 0.482 e. The number of carboxylic acid groups (broad SMARTS) is 1. The Hall–Kier alpha value is -4.15. The van der Waals surface area contributed by atoms with Gasteiger partial charge in [-0.2, -0.15) is 13.2 Å². The molecule has 31 heavy (non-hydrogen) atoms. The van der Waals surface area contributed by atoms with Crippen LogP contribution in [0.5, 0.6) is 5.75 Å². The molecule has 0 bridgehead atoms. The molecule has 2 N–H and O–H groups in total. The SMILES string of the molecule is O=C(O)COc1ccc(C=C2C(=O)NC(=O)N(c3cccc(C(F)(F)F)c3)C2=O)cc1. The lowest BCUT2D eigenvalue weighted by Gasteiger charge is -2.26. The van der Waals surface area contributed by atoms with Gasteiger partial charge in [-0.1, -0.05) is 18.2 Å². The fourth-order valence-corrected chi connectivity index (χ4v) is 2.69. The fourth-order valence-electron chi connectivity index (χ4n) is 2.69. The zero-order valence-electron chi connectivity index (χ0n) is 15.5. The van der Waals surface area contributed by atoms with E-state index in [0.29, 0.717) is 16.5 Å². The van der Waals surface area contributed by atoms with Crippen molar-refractivity contribution in [2.24, 2.45) is 0 Å². The molecule has 1 heterocycles. The molecule has 0 saturated carbocycles.